The fourth-order valence-corrected chi connectivity index (χ4v) is 3.31. The van der Waals surface area contributed by atoms with Crippen LogP contribution in [0.25, 0.3) is 0 Å². The second kappa shape index (κ2) is 11.4. The van der Waals surface area contributed by atoms with E-state index in [2.05, 4.69) is 20.7 Å². The zero-order valence-electron chi connectivity index (χ0n) is 15.2. The molecule has 1 aliphatic heterocycles. The highest BCUT2D eigenvalue weighted by atomic mass is 32.2. The summed E-state index contributed by atoms with van der Waals surface area (Å²) >= 11 is -2.11. The van der Waals surface area contributed by atoms with Crippen molar-refractivity contribution in [2.24, 2.45) is 5.92 Å². The maximum Gasteiger partial charge on any atom is 0.323 e. The maximum atomic E-state index is 12.0. The first kappa shape index (κ1) is 21.8. The summed E-state index contributed by atoms with van der Waals surface area (Å²) in [7, 11) is 0. The predicted molar refractivity (Wildman–Crippen MR) is 101 cm³/mol. The van der Waals surface area contributed by atoms with Gasteiger partial charge in [-0.2, -0.15) is 8.93 Å². The highest BCUT2D eigenvalue weighted by Gasteiger charge is 2.23. The van der Waals surface area contributed by atoms with Crippen molar-refractivity contribution in [2.75, 3.05) is 26.2 Å². The lowest BCUT2D eigenvalue weighted by atomic mass is 9.97. The largest absolute Gasteiger partial charge is 0.480 e. The van der Waals surface area contributed by atoms with Gasteiger partial charge in [0.2, 0.25) is 11.8 Å². The first-order valence-electron chi connectivity index (χ1n) is 8.85. The average molecular weight is 412 g/mol. The van der Waals surface area contributed by atoms with Crippen molar-refractivity contribution < 1.29 is 27.9 Å². The number of carbonyl (C=O) groups excluding carboxylic acids is 2. The van der Waals surface area contributed by atoms with Crippen molar-refractivity contribution in [1.29, 1.82) is 0 Å². The number of carbonyl (C=O) groups is 3. The number of nitrogens with one attached hydrogen (secondary N) is 4. The summed E-state index contributed by atoms with van der Waals surface area (Å²) in [5.41, 5.74) is 0. The quantitative estimate of drug-likeness (QED) is 0.328. The van der Waals surface area contributed by atoms with Gasteiger partial charge in [-0.25, -0.2) is 0 Å². The second-order valence-electron chi connectivity index (χ2n) is 6.19. The fourth-order valence-electron chi connectivity index (χ4n) is 2.56. The molecule has 5 N–H and O–H groups in total. The SMILES string of the molecule is O=C(CNC(=O)C1CCNCC1)NCC(NS(=O)Oc1ccccc1)C(=O)O. The number of rotatable bonds is 10. The molecule has 1 saturated heterocycles. The van der Waals surface area contributed by atoms with Crippen LogP contribution < -0.4 is 24.9 Å². The van der Waals surface area contributed by atoms with Crippen LogP contribution >= 0.6 is 0 Å². The van der Waals surface area contributed by atoms with Crippen LogP contribution in [0.4, 0.5) is 0 Å². The lowest BCUT2D eigenvalue weighted by Gasteiger charge is -2.21. The van der Waals surface area contributed by atoms with Crippen LogP contribution in [0.1, 0.15) is 12.8 Å². The number of amides is 2. The first-order valence-corrected chi connectivity index (χ1v) is 9.92. The smallest absolute Gasteiger partial charge is 0.323 e. The minimum atomic E-state index is -2.11. The Labute approximate surface area is 165 Å². The molecule has 2 atom stereocenters. The summed E-state index contributed by atoms with van der Waals surface area (Å²) in [5.74, 6) is -1.85. The molecule has 0 aliphatic carbocycles. The van der Waals surface area contributed by atoms with E-state index in [1.807, 2.05) is 0 Å². The van der Waals surface area contributed by atoms with E-state index in [0.29, 0.717) is 18.6 Å². The molecule has 11 heteroatoms. The Morgan fingerprint density at radius 3 is 2.50 bits per heavy atom. The van der Waals surface area contributed by atoms with Crippen molar-refractivity contribution in [2.45, 2.75) is 18.9 Å². The van der Waals surface area contributed by atoms with Gasteiger partial charge < -0.3 is 25.2 Å². The van der Waals surface area contributed by atoms with Crippen LogP contribution in [0.15, 0.2) is 30.3 Å². The molecule has 1 heterocycles. The van der Waals surface area contributed by atoms with Gasteiger partial charge in [-0.3, -0.25) is 14.4 Å². The Hall–Kier alpha value is -2.50. The zero-order valence-corrected chi connectivity index (χ0v) is 16.0. The Balaban J connectivity index is 1.72. The number of hydrogen-bond acceptors (Lipinski definition) is 6. The molecular formula is C17H24N4O6S. The van der Waals surface area contributed by atoms with Crippen molar-refractivity contribution in [3.05, 3.63) is 30.3 Å². The maximum absolute atomic E-state index is 12.0. The van der Waals surface area contributed by atoms with Crippen molar-refractivity contribution in [3.8, 4) is 5.75 Å². The van der Waals surface area contributed by atoms with Gasteiger partial charge in [0.1, 0.15) is 11.8 Å². The van der Waals surface area contributed by atoms with E-state index in [-0.39, 0.29) is 24.9 Å². The van der Waals surface area contributed by atoms with Gasteiger partial charge in [0.25, 0.3) is 11.3 Å². The molecule has 0 radical (unpaired) electrons. The minimum Gasteiger partial charge on any atom is -0.480 e. The van der Waals surface area contributed by atoms with Crippen molar-refractivity contribution in [3.63, 3.8) is 0 Å². The van der Waals surface area contributed by atoms with Crippen LogP contribution in [0.5, 0.6) is 5.75 Å². The van der Waals surface area contributed by atoms with E-state index >= 15 is 0 Å². The monoisotopic (exact) mass is 412 g/mol. The topological polar surface area (TPSA) is 146 Å². The van der Waals surface area contributed by atoms with Gasteiger partial charge in [0.05, 0.1) is 6.54 Å². The third-order valence-electron chi connectivity index (χ3n) is 4.09. The van der Waals surface area contributed by atoms with E-state index in [4.69, 9.17) is 4.18 Å². The fraction of sp³-hybridized carbons (Fsp3) is 0.471. The third kappa shape index (κ3) is 7.62. The second-order valence-corrected chi connectivity index (χ2v) is 7.06. The normalized spacial score (nSPS) is 16.6. The third-order valence-corrected chi connectivity index (χ3v) is 4.91. The van der Waals surface area contributed by atoms with Crippen molar-refractivity contribution >= 4 is 29.1 Å². The molecule has 154 valence electrons. The number of piperidine rings is 1. The van der Waals surface area contributed by atoms with Gasteiger partial charge in [0.15, 0.2) is 0 Å². The van der Waals surface area contributed by atoms with Crippen LogP contribution in [0.3, 0.4) is 0 Å². The Kier molecular flexibility index (Phi) is 8.85. The molecule has 0 aromatic heterocycles. The number of carboxylic acid groups (broad SMARTS) is 1. The summed E-state index contributed by atoms with van der Waals surface area (Å²) in [5, 5.41) is 17.3. The van der Waals surface area contributed by atoms with Gasteiger partial charge in [-0.1, -0.05) is 18.2 Å². The average Bonchev–Trinajstić information content (AvgIpc) is 2.70. The van der Waals surface area contributed by atoms with Crippen LogP contribution in [-0.4, -0.2) is 59.3 Å². The van der Waals surface area contributed by atoms with Gasteiger partial charge in [-0.05, 0) is 38.1 Å². The number of carboxylic acids is 1. The number of para-hydroxylation sites is 1. The van der Waals surface area contributed by atoms with Crippen molar-refractivity contribution in [1.82, 2.24) is 20.7 Å². The highest BCUT2D eigenvalue weighted by molar-refractivity contribution is 7.78. The molecule has 0 spiro atoms. The molecule has 1 aromatic rings. The molecule has 10 nitrogen and oxygen atoms in total. The van der Waals surface area contributed by atoms with E-state index < -0.39 is 29.2 Å². The minimum absolute atomic E-state index is 0.125. The molecule has 1 fully saturated rings. The van der Waals surface area contributed by atoms with E-state index in [0.717, 1.165) is 13.1 Å². The summed E-state index contributed by atoms with van der Waals surface area (Å²) in [6.45, 7) is 0.955. The molecule has 1 aliphatic rings. The van der Waals surface area contributed by atoms with Crippen LogP contribution in [-0.2, 0) is 25.7 Å². The summed E-state index contributed by atoms with van der Waals surface area (Å²) < 4.78 is 19.3. The lowest BCUT2D eigenvalue weighted by molar-refractivity contribution is -0.139. The number of benzene rings is 1. The molecular weight excluding hydrogens is 388 g/mol. The highest BCUT2D eigenvalue weighted by Crippen LogP contribution is 2.11. The zero-order chi connectivity index (χ0) is 20.4. The Bertz CT molecular complexity index is 696. The molecule has 0 saturated carbocycles. The Morgan fingerprint density at radius 2 is 1.86 bits per heavy atom. The molecule has 2 amide bonds. The molecule has 0 bridgehead atoms. The van der Waals surface area contributed by atoms with E-state index in [1.165, 1.54) is 0 Å². The molecule has 28 heavy (non-hydrogen) atoms. The molecule has 2 unspecified atom stereocenters. The van der Waals surface area contributed by atoms with Gasteiger partial charge in [0, 0.05) is 12.5 Å². The van der Waals surface area contributed by atoms with E-state index in [1.54, 1.807) is 30.3 Å². The van der Waals surface area contributed by atoms with Crippen LogP contribution in [0, 0.1) is 5.92 Å². The predicted octanol–water partition coefficient (Wildman–Crippen LogP) is -1.08. The first-order chi connectivity index (χ1) is 13.5. The Morgan fingerprint density at radius 1 is 1.18 bits per heavy atom. The summed E-state index contributed by atoms with van der Waals surface area (Å²) in [6.07, 6.45) is 1.43. The molecule has 1 aromatic carbocycles. The number of hydrogen-bond donors (Lipinski definition) is 5. The summed E-state index contributed by atoms with van der Waals surface area (Å²) in [4.78, 5) is 35.1. The van der Waals surface area contributed by atoms with Gasteiger partial charge in [-0.15, -0.1) is 0 Å². The van der Waals surface area contributed by atoms with Gasteiger partial charge >= 0.3 is 5.97 Å². The van der Waals surface area contributed by atoms with Crippen LogP contribution in [0.2, 0.25) is 0 Å². The summed E-state index contributed by atoms with van der Waals surface area (Å²) in [6, 6.07) is 6.93. The molecule has 2 rings (SSSR count). The van der Waals surface area contributed by atoms with E-state index in [9.17, 15) is 23.7 Å². The lowest BCUT2D eigenvalue weighted by Crippen LogP contribution is -2.49. The standard InChI is InChI=1S/C17H24N4O6S/c22-15(11-20-16(23)12-6-8-18-9-7-12)19-10-14(17(24)25)21-28(26)27-13-4-2-1-3-5-13/h1-5,12,14,18,21H,6-11H2,(H,19,22)(H,20,23)(H,24,25). The number of aliphatic carboxylic acids is 1.